The van der Waals surface area contributed by atoms with Gasteiger partial charge in [-0.05, 0) is 35.9 Å². The van der Waals surface area contributed by atoms with E-state index in [-0.39, 0.29) is 11.8 Å². The predicted octanol–water partition coefficient (Wildman–Crippen LogP) is 2.51. The van der Waals surface area contributed by atoms with Crippen LogP contribution in [0.15, 0.2) is 39.2 Å². The number of nitrogens with one attached hydrogen (secondary N) is 1. The summed E-state index contributed by atoms with van der Waals surface area (Å²) < 4.78 is 27.4. The third kappa shape index (κ3) is 4.19. The highest BCUT2D eigenvalue weighted by Crippen LogP contribution is 2.26. The summed E-state index contributed by atoms with van der Waals surface area (Å²) in [6.07, 6.45) is 0.773. The van der Waals surface area contributed by atoms with Gasteiger partial charge in [0.15, 0.2) is 5.76 Å². The van der Waals surface area contributed by atoms with Crippen molar-refractivity contribution in [1.82, 2.24) is 5.32 Å². The molecular formula is C14H18N2O4S2. The maximum Gasteiger partial charge on any atom is 0.287 e. The molecule has 0 unspecified atom stereocenters. The van der Waals surface area contributed by atoms with E-state index in [0.29, 0.717) is 5.92 Å². The van der Waals surface area contributed by atoms with Gasteiger partial charge >= 0.3 is 0 Å². The van der Waals surface area contributed by atoms with E-state index in [0.717, 1.165) is 11.3 Å². The molecule has 0 aliphatic heterocycles. The van der Waals surface area contributed by atoms with Crippen LogP contribution < -0.4 is 10.5 Å². The predicted molar refractivity (Wildman–Crippen MR) is 84.1 cm³/mol. The Morgan fingerprint density at radius 1 is 1.36 bits per heavy atom. The molecule has 0 aliphatic rings. The fourth-order valence-electron chi connectivity index (χ4n) is 2.03. The molecule has 0 fully saturated rings. The fraction of sp³-hybridized carbons (Fsp3) is 0.357. The Bertz CT molecular complexity index is 733. The average molecular weight is 342 g/mol. The molecule has 2 aromatic rings. The second-order valence-electron chi connectivity index (χ2n) is 5.33. The van der Waals surface area contributed by atoms with E-state index in [2.05, 4.69) is 19.2 Å². The summed E-state index contributed by atoms with van der Waals surface area (Å²) in [5.74, 6) is -0.146. The summed E-state index contributed by atoms with van der Waals surface area (Å²) >= 11 is 1.56. The van der Waals surface area contributed by atoms with E-state index in [9.17, 15) is 13.2 Å². The zero-order valence-electron chi connectivity index (χ0n) is 12.3. The quantitative estimate of drug-likeness (QED) is 0.842. The molecule has 1 amide bonds. The van der Waals surface area contributed by atoms with Gasteiger partial charge in [-0.15, -0.1) is 11.3 Å². The van der Waals surface area contributed by atoms with E-state index in [4.69, 9.17) is 9.56 Å². The number of carbonyl (C=O) groups is 1. The summed E-state index contributed by atoms with van der Waals surface area (Å²) in [6.45, 7) is 4.14. The van der Waals surface area contributed by atoms with Crippen LogP contribution in [0.3, 0.4) is 0 Å². The molecule has 2 heterocycles. The third-order valence-electron chi connectivity index (χ3n) is 2.98. The van der Waals surface area contributed by atoms with Crippen LogP contribution in [0.1, 0.15) is 41.7 Å². The van der Waals surface area contributed by atoms with Crippen molar-refractivity contribution in [3.63, 3.8) is 0 Å². The van der Waals surface area contributed by atoms with Crippen LogP contribution in [0.5, 0.6) is 0 Å². The molecule has 120 valence electrons. The van der Waals surface area contributed by atoms with Crippen LogP contribution in [-0.4, -0.2) is 14.3 Å². The maximum atomic E-state index is 12.2. The summed E-state index contributed by atoms with van der Waals surface area (Å²) in [7, 11) is -3.95. The van der Waals surface area contributed by atoms with Gasteiger partial charge in [0.2, 0.25) is 5.09 Å². The van der Waals surface area contributed by atoms with Gasteiger partial charge in [0.1, 0.15) is 0 Å². The zero-order valence-corrected chi connectivity index (χ0v) is 13.9. The minimum absolute atomic E-state index is 0.0747. The number of thiophene rings is 1. The molecule has 2 rings (SSSR count). The lowest BCUT2D eigenvalue weighted by molar-refractivity contribution is 0.0899. The lowest BCUT2D eigenvalue weighted by atomic mass is 10.0. The number of primary sulfonamides is 1. The van der Waals surface area contributed by atoms with Crippen LogP contribution >= 0.6 is 11.3 Å². The Morgan fingerprint density at radius 2 is 2.09 bits per heavy atom. The van der Waals surface area contributed by atoms with Gasteiger partial charge in [0.25, 0.3) is 15.9 Å². The fourth-order valence-corrected chi connectivity index (χ4v) is 3.29. The van der Waals surface area contributed by atoms with Crippen LogP contribution in [-0.2, 0) is 10.0 Å². The van der Waals surface area contributed by atoms with Gasteiger partial charge in [-0.1, -0.05) is 19.9 Å². The zero-order chi connectivity index (χ0) is 16.3. The van der Waals surface area contributed by atoms with Gasteiger partial charge < -0.3 is 9.73 Å². The van der Waals surface area contributed by atoms with E-state index in [1.807, 2.05) is 17.5 Å². The Labute approximate surface area is 133 Å². The highest BCUT2D eigenvalue weighted by molar-refractivity contribution is 7.89. The van der Waals surface area contributed by atoms with Crippen molar-refractivity contribution in [3.8, 4) is 0 Å². The molecule has 8 heteroatoms. The van der Waals surface area contributed by atoms with E-state index >= 15 is 0 Å². The second kappa shape index (κ2) is 6.64. The first-order valence-corrected chi connectivity index (χ1v) is 9.17. The Balaban J connectivity index is 2.16. The number of rotatable bonds is 6. The molecule has 0 saturated carbocycles. The Hall–Kier alpha value is -1.64. The van der Waals surface area contributed by atoms with Crippen molar-refractivity contribution in [2.45, 2.75) is 31.4 Å². The van der Waals surface area contributed by atoms with E-state index in [1.54, 1.807) is 11.3 Å². The molecule has 3 N–H and O–H groups in total. The number of sulfonamides is 1. The molecule has 0 spiro atoms. The first kappa shape index (κ1) is 16.7. The minimum atomic E-state index is -3.95. The monoisotopic (exact) mass is 342 g/mol. The van der Waals surface area contributed by atoms with Gasteiger partial charge in [-0.25, -0.2) is 13.6 Å². The lowest BCUT2D eigenvalue weighted by Gasteiger charge is -2.18. The van der Waals surface area contributed by atoms with Crippen molar-refractivity contribution in [2.24, 2.45) is 11.1 Å². The first-order chi connectivity index (χ1) is 10.3. The van der Waals surface area contributed by atoms with Gasteiger partial charge in [0, 0.05) is 4.88 Å². The second-order valence-corrected chi connectivity index (χ2v) is 7.81. The molecule has 22 heavy (non-hydrogen) atoms. The van der Waals surface area contributed by atoms with Crippen molar-refractivity contribution >= 4 is 27.3 Å². The molecule has 0 aliphatic carbocycles. The SMILES string of the molecule is CC(C)C[C@@H](NC(=O)c1ccc(S(N)(=O)=O)o1)c1cccs1. The van der Waals surface area contributed by atoms with Crippen LogP contribution in [0.25, 0.3) is 0 Å². The van der Waals surface area contributed by atoms with Crippen molar-refractivity contribution in [1.29, 1.82) is 0 Å². The maximum absolute atomic E-state index is 12.2. The largest absolute Gasteiger partial charge is 0.438 e. The Kier molecular flexibility index (Phi) is 5.05. The van der Waals surface area contributed by atoms with Crippen LogP contribution in [0.4, 0.5) is 0 Å². The van der Waals surface area contributed by atoms with Gasteiger partial charge in [-0.2, -0.15) is 0 Å². The lowest BCUT2D eigenvalue weighted by Crippen LogP contribution is -2.28. The molecule has 0 bridgehead atoms. The standard InChI is InChI=1S/C14H18N2O4S2/c1-9(2)8-10(12-4-3-7-21-12)16-14(17)11-5-6-13(20-11)22(15,18)19/h3-7,9-10H,8H2,1-2H3,(H,16,17)(H2,15,18,19)/t10-/m1/s1. The van der Waals surface area contributed by atoms with E-state index < -0.39 is 21.0 Å². The molecule has 1 atom stereocenters. The summed E-state index contributed by atoms with van der Waals surface area (Å²) in [5.41, 5.74) is 0. The van der Waals surface area contributed by atoms with Crippen LogP contribution in [0.2, 0.25) is 0 Å². The van der Waals surface area contributed by atoms with Crippen LogP contribution in [0, 0.1) is 5.92 Å². The average Bonchev–Trinajstić information content (AvgIpc) is 3.08. The van der Waals surface area contributed by atoms with Crippen molar-refractivity contribution in [2.75, 3.05) is 0 Å². The number of hydrogen-bond acceptors (Lipinski definition) is 5. The van der Waals surface area contributed by atoms with Gasteiger partial charge in [-0.3, -0.25) is 4.79 Å². The molecule has 6 nitrogen and oxygen atoms in total. The van der Waals surface area contributed by atoms with E-state index in [1.165, 1.54) is 12.1 Å². The Morgan fingerprint density at radius 3 is 2.59 bits per heavy atom. The number of furan rings is 1. The summed E-state index contributed by atoms with van der Waals surface area (Å²) in [4.78, 5) is 13.3. The summed E-state index contributed by atoms with van der Waals surface area (Å²) in [6, 6.07) is 6.21. The normalized spacial score (nSPS) is 13.3. The number of nitrogens with two attached hydrogens (primary N) is 1. The molecular weight excluding hydrogens is 324 g/mol. The first-order valence-electron chi connectivity index (χ1n) is 6.74. The molecule has 0 aromatic carbocycles. The number of hydrogen-bond donors (Lipinski definition) is 2. The molecule has 0 saturated heterocycles. The minimum Gasteiger partial charge on any atom is -0.438 e. The summed E-state index contributed by atoms with van der Waals surface area (Å²) in [5, 5.41) is 9.36. The van der Waals surface area contributed by atoms with Crippen molar-refractivity contribution < 1.29 is 17.6 Å². The topological polar surface area (TPSA) is 102 Å². The number of carbonyl (C=O) groups excluding carboxylic acids is 1. The third-order valence-corrected chi connectivity index (χ3v) is 4.75. The van der Waals surface area contributed by atoms with Crippen molar-refractivity contribution in [3.05, 3.63) is 40.3 Å². The number of amides is 1. The molecule has 0 radical (unpaired) electrons. The van der Waals surface area contributed by atoms with Gasteiger partial charge in [0.05, 0.1) is 6.04 Å². The highest BCUT2D eigenvalue weighted by atomic mass is 32.2. The smallest absolute Gasteiger partial charge is 0.287 e. The molecule has 2 aromatic heterocycles. The highest BCUT2D eigenvalue weighted by Gasteiger charge is 2.22.